The Morgan fingerprint density at radius 3 is 2.79 bits per heavy atom. The molecule has 1 aromatic carbocycles. The van der Waals surface area contributed by atoms with E-state index in [2.05, 4.69) is 27.9 Å². The van der Waals surface area contributed by atoms with E-state index in [1.54, 1.807) is 0 Å². The Morgan fingerprint density at radius 1 is 1.32 bits per heavy atom. The molecule has 3 nitrogen and oxygen atoms in total. The first-order chi connectivity index (χ1) is 9.08. The molecule has 0 aliphatic heterocycles. The van der Waals surface area contributed by atoms with Crippen molar-refractivity contribution >= 4 is 45.8 Å². The van der Waals surface area contributed by atoms with Crippen molar-refractivity contribution in [3.63, 3.8) is 0 Å². The second kappa shape index (κ2) is 6.90. The Hall–Kier alpha value is -0.330. The molecule has 1 amide bonds. The molecule has 2 unspecified atom stereocenters. The van der Waals surface area contributed by atoms with Crippen LogP contribution in [0, 0.1) is 9.49 Å². The van der Waals surface area contributed by atoms with Crippen LogP contribution in [0.3, 0.4) is 0 Å². The number of hydrogen-bond acceptors (Lipinski definition) is 2. The maximum absolute atomic E-state index is 12.3. The third-order valence-corrected chi connectivity index (χ3v) is 4.58. The summed E-state index contributed by atoms with van der Waals surface area (Å²) in [6.45, 7) is 0. The lowest BCUT2D eigenvalue weighted by Gasteiger charge is -2.20. The van der Waals surface area contributed by atoms with Crippen molar-refractivity contribution in [1.82, 2.24) is 0 Å². The van der Waals surface area contributed by atoms with Gasteiger partial charge in [0.15, 0.2) is 0 Å². The van der Waals surface area contributed by atoms with Crippen molar-refractivity contribution in [3.05, 3.63) is 26.8 Å². The molecular weight excluding hydrogens is 375 g/mol. The van der Waals surface area contributed by atoms with Gasteiger partial charge in [0.2, 0.25) is 5.91 Å². The summed E-state index contributed by atoms with van der Waals surface area (Å²) in [4.78, 5) is 12.3. The number of anilines is 1. The Morgan fingerprint density at radius 2 is 2.05 bits per heavy atom. The van der Waals surface area contributed by atoms with Crippen molar-refractivity contribution < 1.29 is 4.79 Å². The molecule has 0 aromatic heterocycles. The van der Waals surface area contributed by atoms with Crippen LogP contribution in [0.1, 0.15) is 32.1 Å². The molecule has 0 heterocycles. The fraction of sp³-hybridized carbons (Fsp3) is 0.500. The molecule has 104 valence electrons. The van der Waals surface area contributed by atoms with E-state index >= 15 is 0 Å². The molecule has 5 heteroatoms. The molecule has 0 saturated heterocycles. The highest BCUT2D eigenvalue weighted by atomic mass is 127. The average Bonchev–Trinajstić information content (AvgIpc) is 2.57. The fourth-order valence-corrected chi connectivity index (χ4v) is 3.38. The van der Waals surface area contributed by atoms with Gasteiger partial charge in [-0.2, -0.15) is 0 Å². The van der Waals surface area contributed by atoms with E-state index < -0.39 is 0 Å². The van der Waals surface area contributed by atoms with Gasteiger partial charge in [-0.15, -0.1) is 0 Å². The van der Waals surface area contributed by atoms with Gasteiger partial charge >= 0.3 is 0 Å². The molecule has 1 saturated carbocycles. The Kier molecular flexibility index (Phi) is 5.47. The molecule has 1 aliphatic rings. The summed E-state index contributed by atoms with van der Waals surface area (Å²) in [6.07, 6.45) is 5.16. The number of carbonyl (C=O) groups is 1. The predicted molar refractivity (Wildman–Crippen MR) is 87.3 cm³/mol. The average molecular weight is 393 g/mol. The van der Waals surface area contributed by atoms with E-state index in [1.165, 1.54) is 6.42 Å². The van der Waals surface area contributed by atoms with Gasteiger partial charge < -0.3 is 11.1 Å². The first kappa shape index (κ1) is 15.1. The number of rotatable bonds is 2. The molecule has 3 N–H and O–H groups in total. The van der Waals surface area contributed by atoms with Gasteiger partial charge in [0.25, 0.3) is 0 Å². The number of nitrogens with two attached hydrogens (primary N) is 1. The molecule has 1 aliphatic carbocycles. The van der Waals surface area contributed by atoms with Crippen LogP contribution in [0.15, 0.2) is 18.2 Å². The molecule has 0 radical (unpaired) electrons. The summed E-state index contributed by atoms with van der Waals surface area (Å²) in [7, 11) is 0. The number of nitrogens with one attached hydrogen (secondary N) is 1. The molecule has 2 rings (SSSR count). The van der Waals surface area contributed by atoms with E-state index in [0.29, 0.717) is 10.7 Å². The summed E-state index contributed by atoms with van der Waals surface area (Å²) in [5.41, 5.74) is 6.77. The molecule has 0 spiro atoms. The van der Waals surface area contributed by atoms with Gasteiger partial charge in [-0.3, -0.25) is 4.79 Å². The van der Waals surface area contributed by atoms with E-state index in [1.807, 2.05) is 18.2 Å². The largest absolute Gasteiger partial charge is 0.327 e. The minimum Gasteiger partial charge on any atom is -0.327 e. The van der Waals surface area contributed by atoms with Gasteiger partial charge in [-0.05, 0) is 53.6 Å². The third kappa shape index (κ3) is 4.07. The first-order valence-electron chi connectivity index (χ1n) is 6.59. The fourth-order valence-electron chi connectivity index (χ4n) is 2.48. The van der Waals surface area contributed by atoms with Gasteiger partial charge in [-0.1, -0.05) is 30.9 Å². The maximum atomic E-state index is 12.3. The standard InChI is InChI=1S/C14H18ClIN2O/c15-11-8-9(16)6-7-13(11)18-14(19)10-4-2-1-3-5-12(10)17/h6-8,10,12H,1-5,17H2,(H,18,19). The zero-order valence-electron chi connectivity index (χ0n) is 10.7. The van der Waals surface area contributed by atoms with Crippen molar-refractivity contribution in [3.8, 4) is 0 Å². The lowest BCUT2D eigenvalue weighted by Crippen LogP contribution is -2.37. The first-order valence-corrected chi connectivity index (χ1v) is 8.05. The van der Waals surface area contributed by atoms with Crippen LogP contribution in [0.5, 0.6) is 0 Å². The topological polar surface area (TPSA) is 55.1 Å². The van der Waals surface area contributed by atoms with E-state index in [-0.39, 0.29) is 17.9 Å². The minimum atomic E-state index is -0.0992. The van der Waals surface area contributed by atoms with Gasteiger partial charge in [0, 0.05) is 9.61 Å². The molecule has 2 atom stereocenters. The highest BCUT2D eigenvalue weighted by Gasteiger charge is 2.27. The summed E-state index contributed by atoms with van der Waals surface area (Å²) in [6, 6.07) is 5.56. The summed E-state index contributed by atoms with van der Waals surface area (Å²) < 4.78 is 1.05. The van der Waals surface area contributed by atoms with Crippen LogP contribution in [0.25, 0.3) is 0 Å². The number of amides is 1. The van der Waals surface area contributed by atoms with Crippen LogP contribution >= 0.6 is 34.2 Å². The lowest BCUT2D eigenvalue weighted by atomic mass is 9.94. The Labute approximate surface area is 132 Å². The second-order valence-corrected chi connectivity index (χ2v) is 6.67. The van der Waals surface area contributed by atoms with Crippen LogP contribution in [-0.2, 0) is 4.79 Å². The van der Waals surface area contributed by atoms with E-state index in [9.17, 15) is 4.79 Å². The lowest BCUT2D eigenvalue weighted by molar-refractivity contribution is -0.120. The Balaban J connectivity index is 2.07. The van der Waals surface area contributed by atoms with E-state index in [4.69, 9.17) is 17.3 Å². The van der Waals surface area contributed by atoms with Crippen LogP contribution in [0.2, 0.25) is 5.02 Å². The maximum Gasteiger partial charge on any atom is 0.229 e. The molecular formula is C14H18ClIN2O. The number of halogens is 2. The monoisotopic (exact) mass is 392 g/mol. The third-order valence-electron chi connectivity index (χ3n) is 3.60. The SMILES string of the molecule is NC1CCCCCC1C(=O)Nc1ccc(I)cc1Cl. The summed E-state index contributed by atoms with van der Waals surface area (Å²) >= 11 is 8.32. The second-order valence-electron chi connectivity index (χ2n) is 5.02. The van der Waals surface area contributed by atoms with Crippen molar-refractivity contribution in [2.75, 3.05) is 5.32 Å². The molecule has 1 aromatic rings. The van der Waals surface area contributed by atoms with Crippen LogP contribution in [0.4, 0.5) is 5.69 Å². The van der Waals surface area contributed by atoms with Crippen molar-refractivity contribution in [2.24, 2.45) is 11.7 Å². The van der Waals surface area contributed by atoms with Gasteiger partial charge in [-0.25, -0.2) is 0 Å². The van der Waals surface area contributed by atoms with Crippen molar-refractivity contribution in [1.29, 1.82) is 0 Å². The number of hydrogen-bond donors (Lipinski definition) is 2. The van der Waals surface area contributed by atoms with Gasteiger partial charge in [0.1, 0.15) is 0 Å². The van der Waals surface area contributed by atoms with Crippen molar-refractivity contribution in [2.45, 2.75) is 38.1 Å². The van der Waals surface area contributed by atoms with Crippen LogP contribution < -0.4 is 11.1 Å². The quantitative estimate of drug-likeness (QED) is 0.594. The smallest absolute Gasteiger partial charge is 0.229 e. The molecule has 19 heavy (non-hydrogen) atoms. The molecule has 0 bridgehead atoms. The molecule has 1 fully saturated rings. The zero-order chi connectivity index (χ0) is 13.8. The summed E-state index contributed by atoms with van der Waals surface area (Å²) in [5, 5.41) is 3.48. The summed E-state index contributed by atoms with van der Waals surface area (Å²) in [5.74, 6) is -0.102. The highest BCUT2D eigenvalue weighted by molar-refractivity contribution is 14.1. The number of carbonyl (C=O) groups excluding carboxylic acids is 1. The van der Waals surface area contributed by atoms with Crippen LogP contribution in [-0.4, -0.2) is 11.9 Å². The number of benzene rings is 1. The predicted octanol–water partition coefficient (Wildman–Crippen LogP) is 3.79. The zero-order valence-corrected chi connectivity index (χ0v) is 13.6. The highest BCUT2D eigenvalue weighted by Crippen LogP contribution is 2.27. The Bertz CT molecular complexity index is 467. The normalized spacial score (nSPS) is 23.7. The van der Waals surface area contributed by atoms with Gasteiger partial charge in [0.05, 0.1) is 16.6 Å². The van der Waals surface area contributed by atoms with E-state index in [0.717, 1.165) is 29.3 Å². The minimum absolute atomic E-state index is 0.00231.